The number of carboxylic acid groups (broad SMARTS) is 1. The van der Waals surface area contributed by atoms with Crippen molar-refractivity contribution >= 4 is 44.5 Å². The summed E-state index contributed by atoms with van der Waals surface area (Å²) >= 11 is 3.47. The number of urea groups is 1. The molecular formula is C16H16BrN3O3. The smallest absolute Gasteiger partial charge is 0.321 e. The highest BCUT2D eigenvalue weighted by Crippen LogP contribution is 2.31. The minimum atomic E-state index is -0.878. The molecule has 120 valence electrons. The highest BCUT2D eigenvalue weighted by Gasteiger charge is 2.42. The Morgan fingerprint density at radius 1 is 1.39 bits per heavy atom. The Morgan fingerprint density at radius 2 is 2.17 bits per heavy atom. The van der Waals surface area contributed by atoms with Gasteiger partial charge in [0, 0.05) is 29.1 Å². The van der Waals surface area contributed by atoms with Crippen LogP contribution in [0.4, 0.5) is 10.5 Å². The predicted molar refractivity (Wildman–Crippen MR) is 90.4 cm³/mol. The first-order chi connectivity index (χ1) is 10.9. The van der Waals surface area contributed by atoms with E-state index in [1.165, 1.54) is 4.90 Å². The van der Waals surface area contributed by atoms with Crippen molar-refractivity contribution in [2.45, 2.75) is 13.3 Å². The molecule has 2 heterocycles. The first kappa shape index (κ1) is 15.7. The number of para-hydroxylation sites is 1. The average Bonchev–Trinajstić information content (AvgIpc) is 2.92. The van der Waals surface area contributed by atoms with Crippen LogP contribution in [-0.2, 0) is 4.79 Å². The summed E-state index contributed by atoms with van der Waals surface area (Å²) < 4.78 is 0.901. The third kappa shape index (κ3) is 2.88. The largest absolute Gasteiger partial charge is 0.481 e. The van der Waals surface area contributed by atoms with E-state index in [1.807, 2.05) is 18.2 Å². The zero-order chi connectivity index (χ0) is 16.6. The van der Waals surface area contributed by atoms with Crippen molar-refractivity contribution in [1.82, 2.24) is 9.88 Å². The standard InChI is InChI=1S/C16H16BrN3O3/c1-16(14(21)22)6-8-20(9-16)15(23)19-12-4-2-3-10-11(17)5-7-18-13(10)12/h2-5,7H,6,8-9H2,1H3,(H,19,23)(H,21,22). The third-order valence-electron chi connectivity index (χ3n) is 4.24. The molecule has 1 aromatic carbocycles. The topological polar surface area (TPSA) is 82.5 Å². The molecule has 0 radical (unpaired) electrons. The Hall–Kier alpha value is -2.15. The van der Waals surface area contributed by atoms with Gasteiger partial charge in [-0.2, -0.15) is 0 Å². The lowest BCUT2D eigenvalue weighted by Crippen LogP contribution is -2.37. The second kappa shape index (κ2) is 5.81. The number of nitrogens with one attached hydrogen (secondary N) is 1. The number of amides is 2. The van der Waals surface area contributed by atoms with Crippen LogP contribution in [0.15, 0.2) is 34.9 Å². The Kier molecular flexibility index (Phi) is 3.97. The number of anilines is 1. The van der Waals surface area contributed by atoms with E-state index in [0.29, 0.717) is 24.2 Å². The van der Waals surface area contributed by atoms with Crippen LogP contribution in [-0.4, -0.2) is 40.1 Å². The maximum atomic E-state index is 12.4. The van der Waals surface area contributed by atoms with Crippen LogP contribution in [0, 0.1) is 5.41 Å². The molecule has 2 aromatic rings. The monoisotopic (exact) mass is 377 g/mol. The first-order valence-corrected chi connectivity index (χ1v) is 8.02. The van der Waals surface area contributed by atoms with Crippen LogP contribution in [0.2, 0.25) is 0 Å². The van der Waals surface area contributed by atoms with Gasteiger partial charge in [0.05, 0.1) is 16.6 Å². The number of pyridine rings is 1. The molecule has 7 heteroatoms. The molecule has 1 aliphatic heterocycles. The minimum absolute atomic E-state index is 0.204. The van der Waals surface area contributed by atoms with Gasteiger partial charge in [-0.1, -0.05) is 28.1 Å². The predicted octanol–water partition coefficient (Wildman–Crippen LogP) is 3.33. The van der Waals surface area contributed by atoms with Gasteiger partial charge in [-0.05, 0) is 25.5 Å². The molecule has 6 nitrogen and oxygen atoms in total. The lowest BCUT2D eigenvalue weighted by molar-refractivity contribution is -0.146. The van der Waals surface area contributed by atoms with Crippen LogP contribution < -0.4 is 5.32 Å². The average molecular weight is 378 g/mol. The zero-order valence-electron chi connectivity index (χ0n) is 12.5. The van der Waals surface area contributed by atoms with Crippen LogP contribution >= 0.6 is 15.9 Å². The number of carbonyl (C=O) groups excluding carboxylic acids is 1. The van der Waals surface area contributed by atoms with Gasteiger partial charge in [0.1, 0.15) is 0 Å². The number of halogens is 1. The number of rotatable bonds is 2. The number of aliphatic carboxylic acids is 1. The lowest BCUT2D eigenvalue weighted by atomic mass is 9.90. The Labute approximate surface area is 141 Å². The zero-order valence-corrected chi connectivity index (χ0v) is 14.1. The molecule has 1 aromatic heterocycles. The van der Waals surface area contributed by atoms with Crippen molar-refractivity contribution < 1.29 is 14.7 Å². The number of nitrogens with zero attached hydrogens (tertiary/aromatic N) is 2. The molecular weight excluding hydrogens is 362 g/mol. The van der Waals surface area contributed by atoms with E-state index in [1.54, 1.807) is 19.2 Å². The van der Waals surface area contributed by atoms with Gasteiger partial charge >= 0.3 is 12.0 Å². The summed E-state index contributed by atoms with van der Waals surface area (Å²) in [5.41, 5.74) is 0.422. The second-order valence-electron chi connectivity index (χ2n) is 5.96. The van der Waals surface area contributed by atoms with Crippen molar-refractivity contribution in [3.05, 3.63) is 34.9 Å². The Morgan fingerprint density at radius 3 is 2.87 bits per heavy atom. The molecule has 2 amide bonds. The van der Waals surface area contributed by atoms with Crippen molar-refractivity contribution in [2.75, 3.05) is 18.4 Å². The molecule has 23 heavy (non-hydrogen) atoms. The van der Waals surface area contributed by atoms with E-state index in [-0.39, 0.29) is 12.6 Å². The fourth-order valence-electron chi connectivity index (χ4n) is 2.75. The number of carbonyl (C=O) groups is 2. The van der Waals surface area contributed by atoms with Gasteiger partial charge < -0.3 is 15.3 Å². The van der Waals surface area contributed by atoms with E-state index in [4.69, 9.17) is 0 Å². The molecule has 0 aliphatic carbocycles. The quantitative estimate of drug-likeness (QED) is 0.840. The fraction of sp³-hybridized carbons (Fsp3) is 0.312. The van der Waals surface area contributed by atoms with E-state index < -0.39 is 11.4 Å². The molecule has 1 fully saturated rings. The summed E-state index contributed by atoms with van der Waals surface area (Å²) in [4.78, 5) is 29.6. The summed E-state index contributed by atoms with van der Waals surface area (Å²) in [5.74, 6) is -0.872. The number of hydrogen-bond donors (Lipinski definition) is 2. The number of hydrogen-bond acceptors (Lipinski definition) is 3. The van der Waals surface area contributed by atoms with Crippen LogP contribution in [0.3, 0.4) is 0 Å². The van der Waals surface area contributed by atoms with Crippen LogP contribution in [0.1, 0.15) is 13.3 Å². The van der Waals surface area contributed by atoms with E-state index in [0.717, 1.165) is 9.86 Å². The van der Waals surface area contributed by atoms with Gasteiger partial charge in [-0.25, -0.2) is 4.79 Å². The second-order valence-corrected chi connectivity index (χ2v) is 6.82. The molecule has 0 bridgehead atoms. The molecule has 1 unspecified atom stereocenters. The Bertz CT molecular complexity index is 795. The van der Waals surface area contributed by atoms with Crippen molar-refractivity contribution in [3.8, 4) is 0 Å². The number of aromatic nitrogens is 1. The summed E-state index contributed by atoms with van der Waals surface area (Å²) in [6.07, 6.45) is 2.12. The van der Waals surface area contributed by atoms with Gasteiger partial charge in [0.2, 0.25) is 0 Å². The maximum absolute atomic E-state index is 12.4. The highest BCUT2D eigenvalue weighted by atomic mass is 79.9. The molecule has 2 N–H and O–H groups in total. The Balaban J connectivity index is 1.82. The molecule has 1 aliphatic rings. The minimum Gasteiger partial charge on any atom is -0.481 e. The summed E-state index contributed by atoms with van der Waals surface area (Å²) in [7, 11) is 0. The maximum Gasteiger partial charge on any atom is 0.321 e. The van der Waals surface area contributed by atoms with Gasteiger partial charge in [0.25, 0.3) is 0 Å². The molecule has 1 saturated heterocycles. The van der Waals surface area contributed by atoms with Crippen LogP contribution in [0.5, 0.6) is 0 Å². The summed E-state index contributed by atoms with van der Waals surface area (Å²) in [5, 5.41) is 13.0. The number of fused-ring (bicyclic) bond motifs is 1. The number of likely N-dealkylation sites (tertiary alicyclic amines) is 1. The normalized spacial score (nSPS) is 20.7. The van der Waals surface area contributed by atoms with Gasteiger partial charge in [-0.15, -0.1) is 0 Å². The SMILES string of the molecule is CC1(C(=O)O)CCN(C(=O)Nc2cccc3c(Br)ccnc23)C1. The molecule has 0 spiro atoms. The summed E-state index contributed by atoms with van der Waals surface area (Å²) in [6.45, 7) is 2.30. The van der Waals surface area contributed by atoms with Crippen molar-refractivity contribution in [3.63, 3.8) is 0 Å². The third-order valence-corrected chi connectivity index (χ3v) is 4.93. The van der Waals surface area contributed by atoms with Gasteiger partial charge in [0.15, 0.2) is 0 Å². The molecule has 3 rings (SSSR count). The highest BCUT2D eigenvalue weighted by molar-refractivity contribution is 9.10. The number of carboxylic acids is 1. The first-order valence-electron chi connectivity index (χ1n) is 7.23. The van der Waals surface area contributed by atoms with Crippen LogP contribution in [0.25, 0.3) is 10.9 Å². The summed E-state index contributed by atoms with van der Waals surface area (Å²) in [6, 6.07) is 7.08. The van der Waals surface area contributed by atoms with Crippen molar-refractivity contribution in [1.29, 1.82) is 0 Å². The molecule has 0 saturated carbocycles. The molecule has 1 atom stereocenters. The number of benzene rings is 1. The van der Waals surface area contributed by atoms with E-state index >= 15 is 0 Å². The van der Waals surface area contributed by atoms with Gasteiger partial charge in [-0.3, -0.25) is 9.78 Å². The van der Waals surface area contributed by atoms with E-state index in [9.17, 15) is 14.7 Å². The van der Waals surface area contributed by atoms with E-state index in [2.05, 4.69) is 26.2 Å². The van der Waals surface area contributed by atoms with Crippen molar-refractivity contribution in [2.24, 2.45) is 5.41 Å². The fourth-order valence-corrected chi connectivity index (χ4v) is 3.18. The lowest BCUT2D eigenvalue weighted by Gasteiger charge is -2.20.